The summed E-state index contributed by atoms with van der Waals surface area (Å²) in [6, 6.07) is 18.4. The molecule has 0 spiro atoms. The average molecular weight is 385 g/mol. The molecular formula is C23H16FN3O2. The van der Waals surface area contributed by atoms with Crippen LogP contribution in [-0.2, 0) is 6.42 Å². The van der Waals surface area contributed by atoms with Crippen LogP contribution >= 0.6 is 0 Å². The minimum Gasteiger partial charge on any atom is -0.436 e. The van der Waals surface area contributed by atoms with Crippen LogP contribution in [0.1, 0.15) is 28.4 Å². The molecule has 4 rings (SSSR count). The number of fused-ring (bicyclic) bond motifs is 1. The SMILES string of the molecule is CCc1ccc2oc(-c3ccc(NC(=O)c4ccc(C#N)cc4F)cc3)nc2c1. The van der Waals surface area contributed by atoms with Gasteiger partial charge in [0.05, 0.1) is 17.2 Å². The summed E-state index contributed by atoms with van der Waals surface area (Å²) in [7, 11) is 0. The average Bonchev–Trinajstić information content (AvgIpc) is 3.17. The minimum absolute atomic E-state index is 0.126. The fraction of sp³-hybridized carbons (Fsp3) is 0.0870. The summed E-state index contributed by atoms with van der Waals surface area (Å²) in [5.41, 5.74) is 4.00. The van der Waals surface area contributed by atoms with Gasteiger partial charge in [0, 0.05) is 11.3 Å². The van der Waals surface area contributed by atoms with Crippen molar-refractivity contribution in [3.05, 3.63) is 83.2 Å². The highest BCUT2D eigenvalue weighted by Gasteiger charge is 2.13. The maximum Gasteiger partial charge on any atom is 0.258 e. The summed E-state index contributed by atoms with van der Waals surface area (Å²) < 4.78 is 19.8. The molecule has 0 unspecified atom stereocenters. The summed E-state index contributed by atoms with van der Waals surface area (Å²) in [4.78, 5) is 16.8. The monoisotopic (exact) mass is 385 g/mol. The Labute approximate surface area is 166 Å². The van der Waals surface area contributed by atoms with Crippen molar-refractivity contribution in [1.29, 1.82) is 5.26 Å². The highest BCUT2D eigenvalue weighted by Crippen LogP contribution is 2.26. The topological polar surface area (TPSA) is 78.9 Å². The van der Waals surface area contributed by atoms with Crippen LogP contribution in [0.15, 0.2) is 65.1 Å². The fourth-order valence-corrected chi connectivity index (χ4v) is 2.98. The maximum atomic E-state index is 14.0. The molecule has 5 nitrogen and oxygen atoms in total. The first kappa shape index (κ1) is 18.4. The van der Waals surface area contributed by atoms with Crippen molar-refractivity contribution in [3.8, 4) is 17.5 Å². The number of nitrogens with zero attached hydrogens (tertiary/aromatic N) is 2. The molecule has 0 atom stereocenters. The number of hydrogen-bond donors (Lipinski definition) is 1. The number of anilines is 1. The lowest BCUT2D eigenvalue weighted by atomic mass is 10.1. The van der Waals surface area contributed by atoms with Crippen molar-refractivity contribution in [3.63, 3.8) is 0 Å². The molecule has 0 aliphatic rings. The summed E-state index contributed by atoms with van der Waals surface area (Å²) in [5, 5.41) is 11.4. The van der Waals surface area contributed by atoms with Crippen molar-refractivity contribution < 1.29 is 13.6 Å². The number of rotatable bonds is 4. The molecule has 0 saturated carbocycles. The number of aromatic nitrogens is 1. The first-order valence-corrected chi connectivity index (χ1v) is 9.08. The smallest absolute Gasteiger partial charge is 0.258 e. The Bertz CT molecular complexity index is 1250. The second kappa shape index (κ2) is 7.56. The van der Waals surface area contributed by atoms with E-state index in [0.717, 1.165) is 23.6 Å². The highest BCUT2D eigenvalue weighted by atomic mass is 19.1. The Morgan fingerprint density at radius 3 is 2.62 bits per heavy atom. The number of aryl methyl sites for hydroxylation is 1. The number of oxazole rings is 1. The Kier molecular flexibility index (Phi) is 4.80. The number of carbonyl (C=O) groups is 1. The molecule has 1 heterocycles. The van der Waals surface area contributed by atoms with Crippen LogP contribution in [0.5, 0.6) is 0 Å². The van der Waals surface area contributed by atoms with Crippen LogP contribution < -0.4 is 5.32 Å². The lowest BCUT2D eigenvalue weighted by molar-refractivity contribution is 0.102. The highest BCUT2D eigenvalue weighted by molar-refractivity contribution is 6.04. The van der Waals surface area contributed by atoms with E-state index >= 15 is 0 Å². The maximum absolute atomic E-state index is 14.0. The summed E-state index contributed by atoms with van der Waals surface area (Å²) >= 11 is 0. The third-order valence-electron chi connectivity index (χ3n) is 4.59. The zero-order valence-electron chi connectivity index (χ0n) is 15.6. The Morgan fingerprint density at radius 1 is 1.14 bits per heavy atom. The second-order valence-electron chi connectivity index (χ2n) is 6.51. The van der Waals surface area contributed by atoms with Gasteiger partial charge in [-0.3, -0.25) is 4.79 Å². The largest absolute Gasteiger partial charge is 0.436 e. The zero-order chi connectivity index (χ0) is 20.4. The summed E-state index contributed by atoms with van der Waals surface area (Å²) in [6.45, 7) is 2.08. The molecule has 142 valence electrons. The summed E-state index contributed by atoms with van der Waals surface area (Å²) in [6.07, 6.45) is 0.923. The summed E-state index contributed by atoms with van der Waals surface area (Å²) in [5.74, 6) is -0.839. The lowest BCUT2D eigenvalue weighted by Crippen LogP contribution is -2.13. The molecule has 0 bridgehead atoms. The molecule has 0 saturated heterocycles. The molecule has 1 N–H and O–H groups in total. The van der Waals surface area contributed by atoms with Gasteiger partial charge in [-0.2, -0.15) is 5.26 Å². The molecule has 6 heteroatoms. The number of halogens is 1. The number of benzene rings is 3. The van der Waals surface area contributed by atoms with Gasteiger partial charge >= 0.3 is 0 Å². The van der Waals surface area contributed by atoms with Gasteiger partial charge in [0.1, 0.15) is 11.3 Å². The van der Waals surface area contributed by atoms with Gasteiger partial charge in [-0.1, -0.05) is 13.0 Å². The number of carbonyl (C=O) groups excluding carboxylic acids is 1. The molecule has 0 fully saturated rings. The quantitative estimate of drug-likeness (QED) is 0.516. The van der Waals surface area contributed by atoms with Gasteiger partial charge in [-0.25, -0.2) is 9.37 Å². The van der Waals surface area contributed by atoms with Gasteiger partial charge in [0.15, 0.2) is 5.58 Å². The second-order valence-corrected chi connectivity index (χ2v) is 6.51. The zero-order valence-corrected chi connectivity index (χ0v) is 15.6. The van der Waals surface area contributed by atoms with E-state index in [0.29, 0.717) is 17.2 Å². The molecular weight excluding hydrogens is 369 g/mol. The van der Waals surface area contributed by atoms with Crippen LogP contribution in [0.25, 0.3) is 22.6 Å². The van der Waals surface area contributed by atoms with Gasteiger partial charge < -0.3 is 9.73 Å². The standard InChI is InChI=1S/C23H16FN3O2/c1-2-14-4-10-21-20(12-14)27-23(29-21)16-5-7-17(8-6-16)26-22(28)18-9-3-15(13-25)11-19(18)24/h3-12H,2H2,1H3,(H,26,28). The van der Waals surface area contributed by atoms with Crippen LogP contribution in [0, 0.1) is 17.1 Å². The molecule has 0 aliphatic carbocycles. The van der Waals surface area contributed by atoms with Crippen molar-refractivity contribution in [1.82, 2.24) is 4.98 Å². The number of hydrogen-bond acceptors (Lipinski definition) is 4. The molecule has 1 aromatic heterocycles. The van der Waals surface area contributed by atoms with Crippen LogP contribution in [0.3, 0.4) is 0 Å². The van der Waals surface area contributed by atoms with E-state index in [-0.39, 0.29) is 11.1 Å². The Morgan fingerprint density at radius 2 is 1.93 bits per heavy atom. The van der Waals surface area contributed by atoms with Crippen molar-refractivity contribution in [2.75, 3.05) is 5.32 Å². The van der Waals surface area contributed by atoms with E-state index in [2.05, 4.69) is 17.2 Å². The molecule has 0 aliphatic heterocycles. The Balaban J connectivity index is 1.53. The fourth-order valence-electron chi connectivity index (χ4n) is 2.98. The lowest BCUT2D eigenvalue weighted by Gasteiger charge is -2.07. The number of nitriles is 1. The predicted molar refractivity (Wildman–Crippen MR) is 108 cm³/mol. The molecule has 1 amide bonds. The molecule has 29 heavy (non-hydrogen) atoms. The van der Waals surface area contributed by atoms with E-state index in [1.54, 1.807) is 24.3 Å². The van der Waals surface area contributed by atoms with E-state index < -0.39 is 11.7 Å². The van der Waals surface area contributed by atoms with Gasteiger partial charge in [-0.05, 0) is 66.6 Å². The third kappa shape index (κ3) is 3.71. The van der Waals surface area contributed by atoms with Gasteiger partial charge in [0.25, 0.3) is 5.91 Å². The van der Waals surface area contributed by atoms with Crippen molar-refractivity contribution in [2.24, 2.45) is 0 Å². The predicted octanol–water partition coefficient (Wildman–Crippen LogP) is 5.32. The van der Waals surface area contributed by atoms with E-state index in [1.165, 1.54) is 17.7 Å². The van der Waals surface area contributed by atoms with Crippen molar-refractivity contribution in [2.45, 2.75) is 13.3 Å². The third-order valence-corrected chi connectivity index (χ3v) is 4.59. The van der Waals surface area contributed by atoms with Crippen molar-refractivity contribution >= 4 is 22.7 Å². The molecule has 0 radical (unpaired) electrons. The number of amides is 1. The molecule has 3 aromatic carbocycles. The van der Waals surface area contributed by atoms with Crippen LogP contribution in [-0.4, -0.2) is 10.9 Å². The Hall–Kier alpha value is -3.98. The van der Waals surface area contributed by atoms with E-state index in [1.807, 2.05) is 24.3 Å². The van der Waals surface area contributed by atoms with Crippen LogP contribution in [0.4, 0.5) is 10.1 Å². The van der Waals surface area contributed by atoms with Gasteiger partial charge in [-0.15, -0.1) is 0 Å². The first-order chi connectivity index (χ1) is 14.1. The van der Waals surface area contributed by atoms with Gasteiger partial charge in [0.2, 0.25) is 5.89 Å². The molecule has 4 aromatic rings. The van der Waals surface area contributed by atoms with E-state index in [9.17, 15) is 9.18 Å². The van der Waals surface area contributed by atoms with Crippen LogP contribution in [0.2, 0.25) is 0 Å². The van der Waals surface area contributed by atoms with E-state index in [4.69, 9.17) is 9.68 Å². The first-order valence-electron chi connectivity index (χ1n) is 9.08. The number of nitrogens with one attached hydrogen (secondary N) is 1. The minimum atomic E-state index is -0.740. The normalized spacial score (nSPS) is 10.7.